The number of nitrogens with zero attached hydrogens (tertiary/aromatic N) is 2. The van der Waals surface area contributed by atoms with Gasteiger partial charge in [0.1, 0.15) is 17.7 Å². The standard InChI is InChI=1S/C7H9N3/c1-3-7(10-2)6(4-8)5-9/h10H,3H2,1-2H3. The highest BCUT2D eigenvalue weighted by Gasteiger charge is 1.99. The third-order valence-electron chi connectivity index (χ3n) is 1.18. The Labute approximate surface area is 60.6 Å². The van der Waals surface area contributed by atoms with Crippen LogP contribution in [0.25, 0.3) is 0 Å². The van der Waals surface area contributed by atoms with E-state index in [1.54, 1.807) is 7.05 Å². The van der Waals surface area contributed by atoms with Crippen LogP contribution in [0, 0.1) is 22.7 Å². The van der Waals surface area contributed by atoms with E-state index in [1.165, 1.54) is 0 Å². The predicted octanol–water partition coefficient (Wildman–Crippen LogP) is 0.917. The zero-order chi connectivity index (χ0) is 7.98. The predicted molar refractivity (Wildman–Crippen MR) is 37.6 cm³/mol. The second-order valence-corrected chi connectivity index (χ2v) is 1.68. The van der Waals surface area contributed by atoms with Gasteiger partial charge in [0.05, 0.1) is 0 Å². The van der Waals surface area contributed by atoms with E-state index in [4.69, 9.17) is 10.5 Å². The van der Waals surface area contributed by atoms with Gasteiger partial charge in [0, 0.05) is 12.7 Å². The van der Waals surface area contributed by atoms with E-state index in [0.29, 0.717) is 12.1 Å². The average Bonchev–Trinajstić information content (AvgIpc) is 2.00. The lowest BCUT2D eigenvalue weighted by atomic mass is 10.2. The summed E-state index contributed by atoms with van der Waals surface area (Å²) in [5.41, 5.74) is 0.870. The fraction of sp³-hybridized carbons (Fsp3) is 0.429. The normalized spacial score (nSPS) is 7.20. The third-order valence-corrected chi connectivity index (χ3v) is 1.18. The molecule has 0 fully saturated rings. The van der Waals surface area contributed by atoms with Gasteiger partial charge in [-0.15, -0.1) is 0 Å². The molecule has 0 amide bonds. The van der Waals surface area contributed by atoms with Crippen LogP contribution < -0.4 is 5.32 Å². The fourth-order valence-corrected chi connectivity index (χ4v) is 0.639. The molecule has 0 aliphatic heterocycles. The van der Waals surface area contributed by atoms with Gasteiger partial charge >= 0.3 is 0 Å². The largest absolute Gasteiger partial charge is 0.390 e. The van der Waals surface area contributed by atoms with Crippen molar-refractivity contribution in [2.75, 3.05) is 7.05 Å². The van der Waals surface area contributed by atoms with Crippen LogP contribution in [0.15, 0.2) is 11.3 Å². The van der Waals surface area contributed by atoms with E-state index in [-0.39, 0.29) is 5.57 Å². The molecule has 1 N–H and O–H groups in total. The van der Waals surface area contributed by atoms with Crippen molar-refractivity contribution >= 4 is 0 Å². The highest BCUT2D eigenvalue weighted by Crippen LogP contribution is 2.01. The van der Waals surface area contributed by atoms with Crippen LogP contribution in [-0.4, -0.2) is 7.05 Å². The minimum Gasteiger partial charge on any atom is -0.390 e. The van der Waals surface area contributed by atoms with Crippen LogP contribution in [0.2, 0.25) is 0 Å². The maximum Gasteiger partial charge on any atom is 0.148 e. The van der Waals surface area contributed by atoms with Gasteiger partial charge in [-0.1, -0.05) is 6.92 Å². The average molecular weight is 135 g/mol. The van der Waals surface area contributed by atoms with Gasteiger partial charge in [0.25, 0.3) is 0 Å². The topological polar surface area (TPSA) is 59.6 Å². The van der Waals surface area contributed by atoms with Crippen molar-refractivity contribution < 1.29 is 0 Å². The summed E-state index contributed by atoms with van der Waals surface area (Å²) in [4.78, 5) is 0. The zero-order valence-electron chi connectivity index (χ0n) is 6.10. The SMILES string of the molecule is CCC(NC)=C(C#N)C#N. The van der Waals surface area contributed by atoms with Gasteiger partial charge in [0.2, 0.25) is 0 Å². The summed E-state index contributed by atoms with van der Waals surface area (Å²) in [5, 5.41) is 19.6. The molecule has 0 aromatic rings. The van der Waals surface area contributed by atoms with Crippen molar-refractivity contribution in [3.05, 3.63) is 11.3 Å². The van der Waals surface area contributed by atoms with E-state index in [9.17, 15) is 0 Å². The monoisotopic (exact) mass is 135 g/mol. The molecule has 0 radical (unpaired) electrons. The van der Waals surface area contributed by atoms with Crippen molar-refractivity contribution in [1.29, 1.82) is 10.5 Å². The Morgan fingerprint density at radius 1 is 1.40 bits per heavy atom. The number of rotatable bonds is 2. The minimum atomic E-state index is 0.171. The Morgan fingerprint density at radius 3 is 2.00 bits per heavy atom. The molecule has 0 bridgehead atoms. The molecule has 0 aromatic heterocycles. The molecular weight excluding hydrogens is 126 g/mol. The number of hydrogen-bond donors (Lipinski definition) is 1. The minimum absolute atomic E-state index is 0.171. The molecule has 3 heteroatoms. The van der Waals surface area contributed by atoms with Crippen molar-refractivity contribution in [3.8, 4) is 12.1 Å². The Morgan fingerprint density at radius 2 is 1.90 bits per heavy atom. The lowest BCUT2D eigenvalue weighted by molar-refractivity contribution is 0.892. The van der Waals surface area contributed by atoms with Crippen molar-refractivity contribution in [2.24, 2.45) is 0 Å². The lowest BCUT2D eigenvalue weighted by Crippen LogP contribution is -2.06. The molecule has 0 heterocycles. The number of nitrogens with one attached hydrogen (secondary N) is 1. The first-order chi connectivity index (χ1) is 4.79. The summed E-state index contributed by atoms with van der Waals surface area (Å²) < 4.78 is 0. The summed E-state index contributed by atoms with van der Waals surface area (Å²) in [6.07, 6.45) is 0.687. The third kappa shape index (κ3) is 1.80. The molecule has 0 saturated heterocycles. The molecule has 52 valence electrons. The van der Waals surface area contributed by atoms with Crippen LogP contribution in [-0.2, 0) is 0 Å². The van der Waals surface area contributed by atoms with Crippen LogP contribution in [0.3, 0.4) is 0 Å². The van der Waals surface area contributed by atoms with E-state index in [2.05, 4.69) is 5.32 Å². The number of allylic oxidation sites excluding steroid dienone is 2. The molecule has 0 atom stereocenters. The number of nitriles is 2. The summed E-state index contributed by atoms with van der Waals surface area (Å²) in [6.45, 7) is 1.89. The number of hydrogen-bond acceptors (Lipinski definition) is 3. The van der Waals surface area contributed by atoms with Crippen molar-refractivity contribution in [2.45, 2.75) is 13.3 Å². The van der Waals surface area contributed by atoms with Crippen molar-refractivity contribution in [1.82, 2.24) is 5.32 Å². The van der Waals surface area contributed by atoms with Crippen LogP contribution in [0.4, 0.5) is 0 Å². The first-order valence-corrected chi connectivity index (χ1v) is 3.01. The summed E-state index contributed by atoms with van der Waals surface area (Å²) in [7, 11) is 1.70. The van der Waals surface area contributed by atoms with E-state index >= 15 is 0 Å². The molecule has 0 aliphatic carbocycles. The summed E-state index contributed by atoms with van der Waals surface area (Å²) in [5.74, 6) is 0. The molecule has 0 aliphatic rings. The van der Waals surface area contributed by atoms with Gasteiger partial charge in [-0.05, 0) is 6.42 Å². The lowest BCUT2D eigenvalue weighted by Gasteiger charge is -2.00. The second kappa shape index (κ2) is 4.40. The Balaban J connectivity index is 4.62. The highest BCUT2D eigenvalue weighted by molar-refractivity contribution is 5.39. The van der Waals surface area contributed by atoms with E-state index < -0.39 is 0 Å². The van der Waals surface area contributed by atoms with E-state index in [0.717, 1.165) is 0 Å². The molecular formula is C7H9N3. The van der Waals surface area contributed by atoms with E-state index in [1.807, 2.05) is 19.1 Å². The van der Waals surface area contributed by atoms with Gasteiger partial charge in [-0.2, -0.15) is 10.5 Å². The van der Waals surface area contributed by atoms with Gasteiger partial charge in [0.15, 0.2) is 0 Å². The smallest absolute Gasteiger partial charge is 0.148 e. The maximum absolute atomic E-state index is 8.39. The molecule has 3 nitrogen and oxygen atoms in total. The van der Waals surface area contributed by atoms with Crippen LogP contribution in [0.5, 0.6) is 0 Å². The fourth-order valence-electron chi connectivity index (χ4n) is 0.639. The molecule has 0 spiro atoms. The quantitative estimate of drug-likeness (QED) is 0.572. The molecule has 0 aromatic carbocycles. The first-order valence-electron chi connectivity index (χ1n) is 3.01. The summed E-state index contributed by atoms with van der Waals surface area (Å²) in [6, 6.07) is 3.62. The first kappa shape index (κ1) is 8.52. The molecule has 10 heavy (non-hydrogen) atoms. The van der Waals surface area contributed by atoms with Gasteiger partial charge in [-0.25, -0.2) is 0 Å². The van der Waals surface area contributed by atoms with Crippen molar-refractivity contribution in [3.63, 3.8) is 0 Å². The zero-order valence-corrected chi connectivity index (χ0v) is 6.10. The van der Waals surface area contributed by atoms with Gasteiger partial charge in [-0.3, -0.25) is 0 Å². The Bertz CT molecular complexity index is 192. The molecule has 0 saturated carbocycles. The second-order valence-electron chi connectivity index (χ2n) is 1.68. The Hall–Kier alpha value is -1.48. The molecule has 0 rings (SSSR count). The Kier molecular flexibility index (Phi) is 3.75. The molecule has 0 unspecified atom stereocenters. The maximum atomic E-state index is 8.39. The van der Waals surface area contributed by atoms with Gasteiger partial charge < -0.3 is 5.32 Å². The van der Waals surface area contributed by atoms with Crippen LogP contribution in [0.1, 0.15) is 13.3 Å². The summed E-state index contributed by atoms with van der Waals surface area (Å²) >= 11 is 0. The highest BCUT2D eigenvalue weighted by atomic mass is 14.8. The van der Waals surface area contributed by atoms with Crippen LogP contribution >= 0.6 is 0 Å².